The van der Waals surface area contributed by atoms with E-state index in [2.05, 4.69) is 40.9 Å². The molecule has 0 bridgehead atoms. The summed E-state index contributed by atoms with van der Waals surface area (Å²) in [6.07, 6.45) is 0.980. The fourth-order valence-corrected chi connectivity index (χ4v) is 2.99. The summed E-state index contributed by atoms with van der Waals surface area (Å²) in [6, 6.07) is 10.9. The van der Waals surface area contributed by atoms with Gasteiger partial charge in [-0.15, -0.1) is 0 Å². The Bertz CT molecular complexity index is 734. The van der Waals surface area contributed by atoms with Crippen LogP contribution in [0.4, 0.5) is 10.5 Å². The molecule has 2 aromatic rings. The molecule has 0 radical (unpaired) electrons. The van der Waals surface area contributed by atoms with E-state index in [0.717, 1.165) is 26.9 Å². The van der Waals surface area contributed by atoms with Crippen molar-refractivity contribution in [3.05, 3.63) is 56.7 Å². The van der Waals surface area contributed by atoms with Crippen molar-refractivity contribution in [1.82, 2.24) is 5.32 Å². The lowest BCUT2D eigenvalue weighted by molar-refractivity contribution is 0.205. The predicted molar refractivity (Wildman–Crippen MR) is 103 cm³/mol. The molecule has 0 aliphatic rings. The van der Waals surface area contributed by atoms with Gasteiger partial charge in [-0.3, -0.25) is 5.21 Å². The minimum atomic E-state index is -0.596. The van der Waals surface area contributed by atoms with Gasteiger partial charge in [-0.2, -0.15) is 5.06 Å². The van der Waals surface area contributed by atoms with Crippen LogP contribution in [0.5, 0.6) is 5.75 Å². The number of anilines is 1. The van der Waals surface area contributed by atoms with Crippen LogP contribution in [0.2, 0.25) is 0 Å². The van der Waals surface area contributed by atoms with Crippen LogP contribution in [0, 0.1) is 10.5 Å². The normalized spacial score (nSPS) is 10.4. The van der Waals surface area contributed by atoms with Crippen LogP contribution in [-0.2, 0) is 13.0 Å². The molecule has 0 aliphatic heterocycles. The molecule has 2 rings (SSSR count). The van der Waals surface area contributed by atoms with E-state index in [1.165, 1.54) is 12.6 Å². The maximum Gasteiger partial charge on any atom is 0.345 e. The van der Waals surface area contributed by atoms with Gasteiger partial charge in [0, 0.05) is 16.2 Å². The van der Waals surface area contributed by atoms with Crippen molar-refractivity contribution in [3.63, 3.8) is 0 Å². The van der Waals surface area contributed by atoms with Crippen LogP contribution in [0.25, 0.3) is 0 Å². The van der Waals surface area contributed by atoms with Gasteiger partial charge in [0.25, 0.3) is 0 Å². The van der Waals surface area contributed by atoms with E-state index < -0.39 is 6.03 Å². The summed E-state index contributed by atoms with van der Waals surface area (Å²) in [7, 11) is 1.47. The van der Waals surface area contributed by atoms with Gasteiger partial charge in [-0.1, -0.05) is 25.1 Å². The van der Waals surface area contributed by atoms with Gasteiger partial charge in [0.05, 0.1) is 5.69 Å². The Kier molecular flexibility index (Phi) is 6.44. The number of urea groups is 1. The van der Waals surface area contributed by atoms with E-state index >= 15 is 0 Å². The molecule has 2 N–H and O–H groups in total. The Balaban J connectivity index is 2.25. The SMILES string of the molecule is CCc1ccc(OCc2c(I)cccc2N(O)C(=O)NC)c(C)c1. The predicted octanol–water partition coefficient (Wildman–Crippen LogP) is 4.28. The number of nitrogens with one attached hydrogen (secondary N) is 1. The monoisotopic (exact) mass is 440 g/mol. The first kappa shape index (κ1) is 18.5. The van der Waals surface area contributed by atoms with Gasteiger partial charge in [0.15, 0.2) is 0 Å². The Morgan fingerprint density at radius 3 is 2.71 bits per heavy atom. The average Bonchev–Trinajstić information content (AvgIpc) is 2.59. The first-order valence-electron chi connectivity index (χ1n) is 7.68. The summed E-state index contributed by atoms with van der Waals surface area (Å²) in [5.74, 6) is 0.794. The van der Waals surface area contributed by atoms with Crippen LogP contribution < -0.4 is 15.1 Å². The van der Waals surface area contributed by atoms with Gasteiger partial charge < -0.3 is 10.1 Å². The maximum atomic E-state index is 11.7. The molecule has 0 aromatic heterocycles. The Labute approximate surface area is 155 Å². The molecular weight excluding hydrogens is 419 g/mol. The molecule has 2 amide bonds. The second-order valence-electron chi connectivity index (χ2n) is 5.35. The molecule has 0 heterocycles. The van der Waals surface area contributed by atoms with Crippen LogP contribution in [0.1, 0.15) is 23.6 Å². The van der Waals surface area contributed by atoms with Gasteiger partial charge in [-0.05, 0) is 65.3 Å². The average molecular weight is 440 g/mol. The quantitative estimate of drug-likeness (QED) is 0.415. The highest BCUT2D eigenvalue weighted by Gasteiger charge is 2.18. The van der Waals surface area contributed by atoms with Crippen molar-refractivity contribution in [2.24, 2.45) is 0 Å². The maximum absolute atomic E-state index is 11.7. The number of carbonyl (C=O) groups excluding carboxylic acids is 1. The minimum Gasteiger partial charge on any atom is -0.489 e. The van der Waals surface area contributed by atoms with Crippen molar-refractivity contribution in [3.8, 4) is 5.75 Å². The highest BCUT2D eigenvalue weighted by molar-refractivity contribution is 14.1. The van der Waals surface area contributed by atoms with Gasteiger partial charge in [0.1, 0.15) is 12.4 Å². The first-order valence-corrected chi connectivity index (χ1v) is 8.76. The number of hydroxylamine groups is 1. The molecule has 0 atom stereocenters. The molecule has 128 valence electrons. The fraction of sp³-hybridized carbons (Fsp3) is 0.278. The molecule has 0 unspecified atom stereocenters. The largest absolute Gasteiger partial charge is 0.489 e. The fourth-order valence-electron chi connectivity index (χ4n) is 2.35. The number of ether oxygens (including phenoxy) is 1. The summed E-state index contributed by atoms with van der Waals surface area (Å²) >= 11 is 2.17. The van der Waals surface area contributed by atoms with Gasteiger partial charge in [-0.25, -0.2) is 4.79 Å². The van der Waals surface area contributed by atoms with E-state index in [1.807, 2.05) is 25.1 Å². The second-order valence-corrected chi connectivity index (χ2v) is 6.51. The summed E-state index contributed by atoms with van der Waals surface area (Å²) in [5.41, 5.74) is 3.48. The van der Waals surface area contributed by atoms with Gasteiger partial charge in [0.2, 0.25) is 0 Å². The minimum absolute atomic E-state index is 0.259. The second kappa shape index (κ2) is 8.34. The molecule has 0 aliphatic carbocycles. The Morgan fingerprint density at radius 1 is 1.33 bits per heavy atom. The lowest BCUT2D eigenvalue weighted by atomic mass is 10.1. The van der Waals surface area contributed by atoms with Crippen LogP contribution >= 0.6 is 22.6 Å². The Morgan fingerprint density at radius 2 is 2.08 bits per heavy atom. The van der Waals surface area contributed by atoms with Gasteiger partial charge >= 0.3 is 6.03 Å². The lowest BCUT2D eigenvalue weighted by Crippen LogP contribution is -2.36. The number of amides is 2. The van der Waals surface area contributed by atoms with E-state index in [0.29, 0.717) is 10.8 Å². The summed E-state index contributed by atoms with van der Waals surface area (Å²) in [4.78, 5) is 11.7. The highest BCUT2D eigenvalue weighted by atomic mass is 127. The van der Waals surface area contributed by atoms with Crippen molar-refractivity contribution in [1.29, 1.82) is 0 Å². The van der Waals surface area contributed by atoms with Crippen molar-refractivity contribution < 1.29 is 14.7 Å². The zero-order valence-electron chi connectivity index (χ0n) is 14.0. The van der Waals surface area contributed by atoms with E-state index in [1.54, 1.807) is 12.1 Å². The number of nitrogens with zero attached hydrogens (tertiary/aromatic N) is 1. The summed E-state index contributed by atoms with van der Waals surface area (Å²) in [5, 5.41) is 13.1. The van der Waals surface area contributed by atoms with Crippen LogP contribution in [-0.4, -0.2) is 18.3 Å². The van der Waals surface area contributed by atoms with Crippen molar-refractivity contribution in [2.75, 3.05) is 12.1 Å². The lowest BCUT2D eigenvalue weighted by Gasteiger charge is -2.20. The van der Waals surface area contributed by atoms with E-state index in [9.17, 15) is 10.0 Å². The summed E-state index contributed by atoms with van der Waals surface area (Å²) in [6.45, 7) is 4.38. The smallest absolute Gasteiger partial charge is 0.345 e. The number of hydrogen-bond donors (Lipinski definition) is 2. The molecule has 6 heteroatoms. The Hall–Kier alpha value is -1.80. The molecule has 24 heavy (non-hydrogen) atoms. The molecule has 2 aromatic carbocycles. The molecule has 0 saturated heterocycles. The third-order valence-corrected chi connectivity index (χ3v) is 4.76. The van der Waals surface area contributed by atoms with Crippen LogP contribution in [0.15, 0.2) is 36.4 Å². The standard InChI is InChI=1S/C18H21IN2O3/c1-4-13-8-9-17(12(2)10-13)24-11-14-15(19)6-5-7-16(14)21(23)18(22)20-3/h5-10,23H,4,11H2,1-3H3,(H,20,22). The molecule has 0 fully saturated rings. The summed E-state index contributed by atoms with van der Waals surface area (Å²) < 4.78 is 6.85. The van der Waals surface area contributed by atoms with Crippen molar-refractivity contribution in [2.45, 2.75) is 26.9 Å². The first-order chi connectivity index (χ1) is 11.5. The highest BCUT2D eigenvalue weighted by Crippen LogP contribution is 2.27. The third-order valence-electron chi connectivity index (χ3n) is 3.75. The molecular formula is C18H21IN2O3. The van der Waals surface area contributed by atoms with Crippen molar-refractivity contribution >= 4 is 34.3 Å². The van der Waals surface area contributed by atoms with Crippen LogP contribution in [0.3, 0.4) is 0 Å². The number of carbonyl (C=O) groups is 1. The number of aryl methyl sites for hydroxylation is 2. The molecule has 0 saturated carbocycles. The molecule has 0 spiro atoms. The zero-order chi connectivity index (χ0) is 17.7. The topological polar surface area (TPSA) is 61.8 Å². The number of rotatable bonds is 5. The zero-order valence-corrected chi connectivity index (χ0v) is 16.1. The van der Waals surface area contributed by atoms with E-state index in [-0.39, 0.29) is 6.61 Å². The number of halogens is 1. The molecule has 5 nitrogen and oxygen atoms in total. The number of hydrogen-bond acceptors (Lipinski definition) is 3. The number of benzene rings is 2. The third kappa shape index (κ3) is 4.18. The van der Waals surface area contributed by atoms with E-state index in [4.69, 9.17) is 4.74 Å².